The number of ether oxygens (including phenoxy) is 1. The van der Waals surface area contributed by atoms with Crippen LogP contribution >= 0.6 is 23.5 Å². The second-order valence-electron chi connectivity index (χ2n) is 6.03. The molecule has 1 aromatic heterocycles. The molecule has 2 heterocycles. The molecule has 2 N–H and O–H groups in total. The van der Waals surface area contributed by atoms with Crippen LogP contribution in [0.3, 0.4) is 0 Å². The number of hydrogen-bond acceptors (Lipinski definition) is 6. The summed E-state index contributed by atoms with van der Waals surface area (Å²) in [5.74, 6) is 6.11. The number of rotatable bonds is 5. The van der Waals surface area contributed by atoms with Gasteiger partial charge in [-0.1, -0.05) is 0 Å². The molecule has 1 aromatic rings. The number of nitrogens with zero attached hydrogens (tertiary/aromatic N) is 1. The van der Waals surface area contributed by atoms with Crippen LogP contribution in [-0.4, -0.2) is 52.4 Å². The maximum atomic E-state index is 9.69. The molecule has 3 rings (SSSR count). The van der Waals surface area contributed by atoms with Crippen LogP contribution in [0.4, 0.5) is 0 Å². The minimum Gasteiger partial charge on any atom is -0.495 e. The van der Waals surface area contributed by atoms with Gasteiger partial charge in [0.1, 0.15) is 5.75 Å². The van der Waals surface area contributed by atoms with Gasteiger partial charge in [0, 0.05) is 41.3 Å². The third-order valence-corrected chi connectivity index (χ3v) is 6.90. The predicted molar refractivity (Wildman–Crippen MR) is 93.8 cm³/mol. The predicted octanol–water partition coefficient (Wildman–Crippen LogP) is 2.34. The van der Waals surface area contributed by atoms with Crippen molar-refractivity contribution in [1.29, 1.82) is 0 Å². The maximum absolute atomic E-state index is 9.69. The summed E-state index contributed by atoms with van der Waals surface area (Å²) < 4.78 is 5.32. The van der Waals surface area contributed by atoms with E-state index in [1.807, 2.05) is 29.7 Å². The van der Waals surface area contributed by atoms with E-state index in [0.29, 0.717) is 12.0 Å². The second kappa shape index (κ2) is 7.90. The van der Waals surface area contributed by atoms with Gasteiger partial charge >= 0.3 is 0 Å². The highest BCUT2D eigenvalue weighted by molar-refractivity contribution is 8.03. The first-order chi connectivity index (χ1) is 10.8. The quantitative estimate of drug-likeness (QED) is 0.858. The molecule has 0 amide bonds. The van der Waals surface area contributed by atoms with Crippen LogP contribution in [-0.2, 0) is 0 Å². The fourth-order valence-corrected chi connectivity index (χ4v) is 5.51. The summed E-state index contributed by atoms with van der Waals surface area (Å²) in [5.41, 5.74) is 1.18. The van der Waals surface area contributed by atoms with E-state index >= 15 is 0 Å². The van der Waals surface area contributed by atoms with Crippen molar-refractivity contribution in [3.05, 3.63) is 24.0 Å². The lowest BCUT2D eigenvalue weighted by Gasteiger charge is -2.40. The smallest absolute Gasteiger partial charge is 0.137 e. The molecule has 4 nitrogen and oxygen atoms in total. The Bertz CT molecular complexity index is 475. The van der Waals surface area contributed by atoms with Crippen LogP contribution < -0.4 is 10.1 Å². The van der Waals surface area contributed by atoms with E-state index in [9.17, 15) is 5.11 Å². The van der Waals surface area contributed by atoms with Crippen molar-refractivity contribution in [2.24, 2.45) is 5.92 Å². The first kappa shape index (κ1) is 16.4. The number of methoxy groups -OCH3 is 1. The molecule has 122 valence electrons. The van der Waals surface area contributed by atoms with Crippen molar-refractivity contribution in [3.63, 3.8) is 0 Å². The van der Waals surface area contributed by atoms with E-state index in [0.717, 1.165) is 30.1 Å². The SMILES string of the molecule is COc1cncc([C@@H](NC2CSCCSC2)C2CC(O)C2)c1. The van der Waals surface area contributed by atoms with E-state index < -0.39 is 0 Å². The van der Waals surface area contributed by atoms with Crippen LogP contribution in [0.5, 0.6) is 5.75 Å². The molecule has 2 fully saturated rings. The fourth-order valence-electron chi connectivity index (χ4n) is 3.09. The van der Waals surface area contributed by atoms with Crippen molar-refractivity contribution in [2.45, 2.75) is 31.0 Å². The van der Waals surface area contributed by atoms with Gasteiger partial charge in [0.05, 0.1) is 19.4 Å². The number of pyridine rings is 1. The van der Waals surface area contributed by atoms with Crippen LogP contribution in [0.2, 0.25) is 0 Å². The summed E-state index contributed by atoms with van der Waals surface area (Å²) in [5, 5.41) is 13.5. The van der Waals surface area contributed by atoms with Gasteiger partial charge in [0.15, 0.2) is 0 Å². The topological polar surface area (TPSA) is 54.4 Å². The standard InChI is InChI=1S/C16H24N2O2S2/c1-20-15-6-12(7-17-8-15)16(11-4-14(19)5-11)18-13-9-21-2-3-22-10-13/h6-8,11,13-14,16,18-19H,2-5,9-10H2,1H3/t11?,14?,16-/m0/s1. The van der Waals surface area contributed by atoms with E-state index in [4.69, 9.17) is 4.74 Å². The van der Waals surface area contributed by atoms with Crippen molar-refractivity contribution in [1.82, 2.24) is 10.3 Å². The number of aromatic nitrogens is 1. The zero-order chi connectivity index (χ0) is 15.4. The van der Waals surface area contributed by atoms with Crippen molar-refractivity contribution < 1.29 is 9.84 Å². The average molecular weight is 341 g/mol. The normalized spacial score (nSPS) is 27.7. The minimum atomic E-state index is -0.134. The fraction of sp³-hybridized carbons (Fsp3) is 0.688. The number of thioether (sulfide) groups is 2. The van der Waals surface area contributed by atoms with Crippen LogP contribution in [0.1, 0.15) is 24.4 Å². The van der Waals surface area contributed by atoms with Gasteiger partial charge in [0.25, 0.3) is 0 Å². The molecular formula is C16H24N2O2S2. The molecular weight excluding hydrogens is 316 g/mol. The molecule has 0 bridgehead atoms. The van der Waals surface area contributed by atoms with Crippen molar-refractivity contribution in [2.75, 3.05) is 30.1 Å². The van der Waals surface area contributed by atoms with E-state index in [2.05, 4.69) is 16.4 Å². The Morgan fingerprint density at radius 3 is 2.64 bits per heavy atom. The summed E-state index contributed by atoms with van der Waals surface area (Å²) in [4.78, 5) is 4.31. The molecule has 1 aliphatic heterocycles. The lowest BCUT2D eigenvalue weighted by Crippen LogP contribution is -2.44. The Labute approximate surface area is 140 Å². The average Bonchev–Trinajstić information content (AvgIpc) is 2.78. The summed E-state index contributed by atoms with van der Waals surface area (Å²) in [6.45, 7) is 0. The number of nitrogens with one attached hydrogen (secondary N) is 1. The molecule has 22 heavy (non-hydrogen) atoms. The third-order valence-electron chi connectivity index (χ3n) is 4.38. The highest BCUT2D eigenvalue weighted by atomic mass is 32.2. The third kappa shape index (κ3) is 4.10. The lowest BCUT2D eigenvalue weighted by molar-refractivity contribution is 0.0227. The van der Waals surface area contributed by atoms with Gasteiger partial charge in [-0.25, -0.2) is 0 Å². The number of aliphatic hydroxyl groups is 1. The Morgan fingerprint density at radius 2 is 2.00 bits per heavy atom. The van der Waals surface area contributed by atoms with E-state index in [1.165, 1.54) is 17.1 Å². The molecule has 0 spiro atoms. The van der Waals surface area contributed by atoms with Crippen LogP contribution in [0.25, 0.3) is 0 Å². The Morgan fingerprint density at radius 1 is 1.27 bits per heavy atom. The molecule has 2 aliphatic rings. The molecule has 0 aromatic carbocycles. The summed E-state index contributed by atoms with van der Waals surface area (Å²) >= 11 is 4.07. The Hall–Kier alpha value is -0.430. The molecule has 0 radical (unpaired) electrons. The molecule has 6 heteroatoms. The summed E-state index contributed by atoms with van der Waals surface area (Å²) in [6, 6.07) is 2.86. The van der Waals surface area contributed by atoms with Gasteiger partial charge < -0.3 is 15.2 Å². The number of hydrogen-bond donors (Lipinski definition) is 2. The van der Waals surface area contributed by atoms with Crippen molar-refractivity contribution >= 4 is 23.5 Å². The highest BCUT2D eigenvalue weighted by Crippen LogP contribution is 2.39. The molecule has 1 saturated heterocycles. The monoisotopic (exact) mass is 340 g/mol. The van der Waals surface area contributed by atoms with Gasteiger partial charge in [0.2, 0.25) is 0 Å². The maximum Gasteiger partial charge on any atom is 0.137 e. The van der Waals surface area contributed by atoms with Gasteiger partial charge in [-0.3, -0.25) is 4.98 Å². The van der Waals surface area contributed by atoms with Crippen LogP contribution in [0, 0.1) is 5.92 Å². The molecule has 1 saturated carbocycles. The first-order valence-corrected chi connectivity index (χ1v) is 10.2. The summed E-state index contributed by atoms with van der Waals surface area (Å²) in [6.07, 6.45) is 5.30. The van der Waals surface area contributed by atoms with E-state index in [-0.39, 0.29) is 12.1 Å². The van der Waals surface area contributed by atoms with Crippen molar-refractivity contribution in [3.8, 4) is 5.75 Å². The van der Waals surface area contributed by atoms with Gasteiger partial charge in [-0.2, -0.15) is 23.5 Å². The second-order valence-corrected chi connectivity index (χ2v) is 8.33. The molecule has 1 atom stereocenters. The Kier molecular flexibility index (Phi) is 5.90. The Balaban J connectivity index is 1.74. The molecule has 0 unspecified atom stereocenters. The minimum absolute atomic E-state index is 0.134. The van der Waals surface area contributed by atoms with E-state index in [1.54, 1.807) is 13.3 Å². The zero-order valence-electron chi connectivity index (χ0n) is 12.9. The largest absolute Gasteiger partial charge is 0.495 e. The zero-order valence-corrected chi connectivity index (χ0v) is 14.5. The highest BCUT2D eigenvalue weighted by Gasteiger charge is 2.36. The summed E-state index contributed by atoms with van der Waals surface area (Å²) in [7, 11) is 1.68. The van der Waals surface area contributed by atoms with Gasteiger partial charge in [-0.15, -0.1) is 0 Å². The number of aliphatic hydroxyl groups excluding tert-OH is 1. The van der Waals surface area contributed by atoms with Gasteiger partial charge in [-0.05, 0) is 30.4 Å². The molecule has 1 aliphatic carbocycles. The lowest BCUT2D eigenvalue weighted by atomic mass is 9.75. The van der Waals surface area contributed by atoms with Crippen LogP contribution in [0.15, 0.2) is 18.5 Å². The first-order valence-electron chi connectivity index (χ1n) is 7.85.